The Bertz CT molecular complexity index is 2150. The highest BCUT2D eigenvalue weighted by Gasteiger charge is 2.29. The fraction of sp³-hybridized carbons (Fsp3) is 0.371. The lowest BCUT2D eigenvalue weighted by atomic mass is 10.1. The van der Waals surface area contributed by atoms with Crippen molar-refractivity contribution in [1.29, 1.82) is 5.26 Å². The first kappa shape index (κ1) is 34.5. The lowest BCUT2D eigenvalue weighted by Gasteiger charge is -2.37. The second-order valence-corrected chi connectivity index (χ2v) is 14.8. The highest BCUT2D eigenvalue weighted by Crippen LogP contribution is 2.42. The van der Waals surface area contributed by atoms with E-state index in [1.165, 1.54) is 24.4 Å². The van der Waals surface area contributed by atoms with Gasteiger partial charge >= 0.3 is 12.2 Å². The molecule has 1 fully saturated rings. The Morgan fingerprint density at radius 1 is 0.920 bits per heavy atom. The summed E-state index contributed by atoms with van der Waals surface area (Å²) in [5.41, 5.74) is 0.533. The fourth-order valence-corrected chi connectivity index (χ4v) is 6.48. The van der Waals surface area contributed by atoms with Crippen LogP contribution >= 0.6 is 11.3 Å². The van der Waals surface area contributed by atoms with Gasteiger partial charge < -0.3 is 24.2 Å². The first-order valence-corrected chi connectivity index (χ1v) is 16.7. The second-order valence-electron chi connectivity index (χ2n) is 13.9. The molecule has 0 radical (unpaired) electrons. The zero-order valence-corrected chi connectivity index (χ0v) is 29.6. The maximum absolute atomic E-state index is 16.2. The van der Waals surface area contributed by atoms with Gasteiger partial charge in [0.25, 0.3) is 0 Å². The number of carbonyl (C=O) groups is 2. The maximum atomic E-state index is 16.2. The van der Waals surface area contributed by atoms with Gasteiger partial charge in [-0.05, 0) is 77.9 Å². The van der Waals surface area contributed by atoms with Crippen LogP contribution in [0.2, 0.25) is 0 Å². The third-order valence-corrected chi connectivity index (χ3v) is 8.88. The number of carbonyl (C=O) groups excluding carboxylic acids is 2. The number of thiazole rings is 1. The number of piperazine rings is 1. The molecule has 0 unspecified atom stereocenters. The second kappa shape index (κ2) is 12.8. The summed E-state index contributed by atoms with van der Waals surface area (Å²) < 4.78 is 42.0. The highest BCUT2D eigenvalue weighted by atomic mass is 32.1. The van der Waals surface area contributed by atoms with Crippen LogP contribution in [0.4, 0.5) is 34.9 Å². The van der Waals surface area contributed by atoms with Crippen molar-refractivity contribution in [1.82, 2.24) is 24.6 Å². The van der Waals surface area contributed by atoms with Crippen molar-refractivity contribution in [3.05, 3.63) is 59.1 Å². The maximum Gasteiger partial charge on any atom is 0.437 e. The minimum absolute atomic E-state index is 0.0170. The van der Waals surface area contributed by atoms with Crippen LogP contribution in [0.25, 0.3) is 33.2 Å². The van der Waals surface area contributed by atoms with Gasteiger partial charge in [-0.15, -0.1) is 4.68 Å². The zero-order valence-electron chi connectivity index (χ0n) is 28.7. The molecule has 4 heterocycles. The van der Waals surface area contributed by atoms with Crippen LogP contribution in [0.5, 0.6) is 0 Å². The van der Waals surface area contributed by atoms with Crippen molar-refractivity contribution in [2.24, 2.45) is 0 Å². The third kappa shape index (κ3) is 6.88. The van der Waals surface area contributed by atoms with E-state index in [-0.39, 0.29) is 11.2 Å². The smallest absolute Gasteiger partial charge is 0.437 e. The van der Waals surface area contributed by atoms with Gasteiger partial charge in [0, 0.05) is 49.9 Å². The molecule has 1 aliphatic heterocycles. The monoisotopic (exact) mass is 702 g/mol. The number of hydrogen-bond donors (Lipinski definition) is 0. The van der Waals surface area contributed by atoms with E-state index in [0.29, 0.717) is 69.6 Å². The van der Waals surface area contributed by atoms with Crippen LogP contribution < -0.4 is 9.80 Å². The molecule has 3 aromatic heterocycles. The lowest BCUT2D eigenvalue weighted by Crippen LogP contribution is -2.50. The molecular formula is C35H36F2N8O4S. The van der Waals surface area contributed by atoms with Crippen molar-refractivity contribution in [2.75, 3.05) is 43.0 Å². The van der Waals surface area contributed by atoms with Gasteiger partial charge in [0.05, 0.1) is 17.3 Å². The number of halogens is 2. The minimum atomic E-state index is -0.829. The molecule has 260 valence electrons. The van der Waals surface area contributed by atoms with Crippen molar-refractivity contribution < 1.29 is 27.8 Å². The molecule has 12 nitrogen and oxygen atoms in total. The van der Waals surface area contributed by atoms with Crippen LogP contribution in [0.3, 0.4) is 0 Å². The number of aromatic nitrogens is 4. The van der Waals surface area contributed by atoms with Crippen LogP contribution in [0.15, 0.2) is 42.6 Å². The predicted octanol–water partition coefficient (Wildman–Crippen LogP) is 7.47. The summed E-state index contributed by atoms with van der Waals surface area (Å²) in [4.78, 5) is 40.8. The number of benzene rings is 2. The lowest BCUT2D eigenvalue weighted by molar-refractivity contribution is 0.0240. The highest BCUT2D eigenvalue weighted by molar-refractivity contribution is 7.16. The van der Waals surface area contributed by atoms with E-state index in [4.69, 9.17) is 14.5 Å². The third-order valence-electron chi connectivity index (χ3n) is 7.84. The Morgan fingerprint density at radius 2 is 1.56 bits per heavy atom. The van der Waals surface area contributed by atoms with Gasteiger partial charge in [-0.1, -0.05) is 11.3 Å². The van der Waals surface area contributed by atoms with E-state index in [2.05, 4.69) is 16.2 Å². The zero-order chi connectivity index (χ0) is 36.1. The van der Waals surface area contributed by atoms with Crippen LogP contribution in [0.1, 0.15) is 46.4 Å². The number of nitriles is 1. The molecule has 1 aliphatic rings. The molecular weight excluding hydrogens is 666 g/mol. The Kier molecular flexibility index (Phi) is 8.85. The standard InChI is InChI=1S/C35H36F2N8O4S/c1-34(2,3)48-32(46)44-14-12-43(13-15-44)22-16-23-28(25(37)17-22)40-30-24(19-39-45(30)33(47)49-35(4,5)6)29(23)42(7)31-41-27(26(18-38)50-31)20-8-10-21(36)11-9-20/h8-11,16-17,19H,12-15H2,1-7H3. The molecule has 0 N–H and O–H groups in total. The number of fused-ring (bicyclic) bond motifs is 2. The first-order chi connectivity index (χ1) is 23.5. The average Bonchev–Trinajstić information content (AvgIpc) is 3.67. The van der Waals surface area contributed by atoms with Gasteiger partial charge in [-0.2, -0.15) is 10.4 Å². The van der Waals surface area contributed by atoms with Crippen LogP contribution in [-0.4, -0.2) is 81.3 Å². The molecule has 1 amide bonds. The average molecular weight is 703 g/mol. The Balaban J connectivity index is 1.47. The number of anilines is 3. The molecule has 0 spiro atoms. The van der Waals surface area contributed by atoms with Gasteiger partial charge in [0.1, 0.15) is 39.2 Å². The van der Waals surface area contributed by atoms with Crippen LogP contribution in [0, 0.1) is 23.0 Å². The van der Waals surface area contributed by atoms with E-state index < -0.39 is 35.0 Å². The largest absolute Gasteiger partial charge is 0.444 e. The number of rotatable bonds is 4. The normalized spacial score (nSPS) is 13.8. The molecule has 15 heteroatoms. The van der Waals surface area contributed by atoms with Gasteiger partial charge in [-0.3, -0.25) is 0 Å². The summed E-state index contributed by atoms with van der Waals surface area (Å²) in [7, 11) is 1.72. The fourth-order valence-electron chi connectivity index (χ4n) is 5.63. The molecule has 0 saturated carbocycles. The van der Waals surface area contributed by atoms with E-state index in [1.54, 1.807) is 49.8 Å². The summed E-state index contributed by atoms with van der Waals surface area (Å²) in [5, 5.41) is 15.5. The van der Waals surface area contributed by atoms with Gasteiger partial charge in [0.2, 0.25) is 0 Å². The predicted molar refractivity (Wildman–Crippen MR) is 187 cm³/mol. The van der Waals surface area contributed by atoms with E-state index in [9.17, 15) is 19.2 Å². The van der Waals surface area contributed by atoms with Crippen molar-refractivity contribution in [3.8, 4) is 17.3 Å². The molecule has 0 atom stereocenters. The van der Waals surface area contributed by atoms with Crippen molar-refractivity contribution >= 4 is 62.0 Å². The molecule has 5 aromatic rings. The number of amides is 1. The molecule has 0 bridgehead atoms. The van der Waals surface area contributed by atoms with Crippen LogP contribution in [-0.2, 0) is 9.47 Å². The Hall–Kier alpha value is -5.36. The molecule has 1 saturated heterocycles. The van der Waals surface area contributed by atoms with Gasteiger partial charge in [-0.25, -0.2) is 28.3 Å². The Morgan fingerprint density at radius 3 is 2.18 bits per heavy atom. The summed E-state index contributed by atoms with van der Waals surface area (Å²) in [6, 6.07) is 11.0. The Labute approximate surface area is 291 Å². The number of nitrogens with zero attached hydrogens (tertiary/aromatic N) is 8. The van der Waals surface area contributed by atoms with E-state index >= 15 is 4.39 Å². The quantitative estimate of drug-likeness (QED) is 0.186. The number of pyridine rings is 1. The van der Waals surface area contributed by atoms with Gasteiger partial charge in [0.15, 0.2) is 16.6 Å². The SMILES string of the molecule is CN(c1nc(-c2ccc(F)cc2)c(C#N)s1)c1c2cc(N3CCN(C(=O)OC(C)(C)C)CC3)cc(F)c2nc2c1cnn2C(=O)OC(C)(C)C. The number of ether oxygens (including phenoxy) is 2. The summed E-state index contributed by atoms with van der Waals surface area (Å²) >= 11 is 1.11. The topological polar surface area (TPSA) is 130 Å². The molecule has 50 heavy (non-hydrogen) atoms. The summed E-state index contributed by atoms with van der Waals surface area (Å²) in [5.74, 6) is -1.05. The van der Waals surface area contributed by atoms with Crippen molar-refractivity contribution in [3.63, 3.8) is 0 Å². The molecule has 0 aliphatic carbocycles. The van der Waals surface area contributed by atoms with Crippen molar-refractivity contribution in [2.45, 2.75) is 52.7 Å². The van der Waals surface area contributed by atoms with E-state index in [0.717, 1.165) is 16.0 Å². The van der Waals surface area contributed by atoms with E-state index in [1.807, 2.05) is 31.7 Å². The first-order valence-electron chi connectivity index (χ1n) is 15.9. The summed E-state index contributed by atoms with van der Waals surface area (Å²) in [6.07, 6.45) is 0.272. The molecule has 2 aromatic carbocycles. The molecule has 6 rings (SSSR count). The minimum Gasteiger partial charge on any atom is -0.444 e. The summed E-state index contributed by atoms with van der Waals surface area (Å²) in [6.45, 7) is 12.2. The number of hydrogen-bond acceptors (Lipinski definition) is 11.